The standard InChI is InChI=1S/C27H30N4/c1-3-11-23(12-4-1)27-28-25-15-7-8-16-26(25)31(27)18-10-9-17-29-19-21-30(22-20-29)24-13-5-2-6-14-24/h1-8,11-16H,9-10,17-22H2. The fourth-order valence-corrected chi connectivity index (χ4v) is 4.58. The number of aryl methyl sites for hydroxylation is 1. The molecule has 1 aromatic heterocycles. The van der Waals surface area contributed by atoms with Gasteiger partial charge in [0.15, 0.2) is 0 Å². The zero-order valence-corrected chi connectivity index (χ0v) is 18.0. The summed E-state index contributed by atoms with van der Waals surface area (Å²) in [5.41, 5.74) is 4.86. The highest BCUT2D eigenvalue weighted by Gasteiger charge is 2.17. The molecule has 1 fully saturated rings. The third-order valence-electron chi connectivity index (χ3n) is 6.29. The molecule has 4 nitrogen and oxygen atoms in total. The minimum Gasteiger partial charge on any atom is -0.369 e. The molecule has 0 bridgehead atoms. The number of nitrogens with zero attached hydrogens (tertiary/aromatic N) is 4. The Morgan fingerprint density at radius 2 is 1.29 bits per heavy atom. The van der Waals surface area contributed by atoms with E-state index in [-0.39, 0.29) is 0 Å². The van der Waals surface area contributed by atoms with Gasteiger partial charge in [-0.1, -0.05) is 60.7 Å². The van der Waals surface area contributed by atoms with Crippen molar-refractivity contribution in [2.45, 2.75) is 19.4 Å². The predicted molar refractivity (Wildman–Crippen MR) is 129 cm³/mol. The van der Waals surface area contributed by atoms with Gasteiger partial charge in [-0.05, 0) is 43.7 Å². The second-order valence-electron chi connectivity index (χ2n) is 8.31. The van der Waals surface area contributed by atoms with Crippen LogP contribution in [0, 0.1) is 0 Å². The number of para-hydroxylation sites is 3. The molecule has 158 valence electrons. The molecule has 0 spiro atoms. The zero-order chi connectivity index (χ0) is 20.9. The van der Waals surface area contributed by atoms with Gasteiger partial charge in [0.25, 0.3) is 0 Å². The number of hydrogen-bond acceptors (Lipinski definition) is 3. The van der Waals surface area contributed by atoms with Gasteiger partial charge in [0, 0.05) is 44.0 Å². The van der Waals surface area contributed by atoms with Crippen molar-refractivity contribution in [2.75, 3.05) is 37.6 Å². The molecule has 0 unspecified atom stereocenters. The lowest BCUT2D eigenvalue weighted by atomic mass is 10.2. The van der Waals surface area contributed by atoms with E-state index in [1.807, 2.05) is 0 Å². The Hall–Kier alpha value is -3.11. The summed E-state index contributed by atoms with van der Waals surface area (Å²) in [5, 5.41) is 0. The van der Waals surface area contributed by atoms with Gasteiger partial charge in [0.2, 0.25) is 0 Å². The van der Waals surface area contributed by atoms with Crippen LogP contribution in [0.3, 0.4) is 0 Å². The second-order valence-corrected chi connectivity index (χ2v) is 8.31. The average molecular weight is 411 g/mol. The highest BCUT2D eigenvalue weighted by atomic mass is 15.3. The molecule has 1 saturated heterocycles. The van der Waals surface area contributed by atoms with Crippen molar-refractivity contribution in [1.29, 1.82) is 0 Å². The maximum Gasteiger partial charge on any atom is 0.141 e. The van der Waals surface area contributed by atoms with E-state index in [1.54, 1.807) is 0 Å². The van der Waals surface area contributed by atoms with Gasteiger partial charge in [-0.2, -0.15) is 0 Å². The van der Waals surface area contributed by atoms with Crippen LogP contribution in [-0.2, 0) is 6.54 Å². The van der Waals surface area contributed by atoms with Gasteiger partial charge in [-0.3, -0.25) is 4.90 Å². The SMILES string of the molecule is c1ccc(-c2nc3ccccc3n2CCCCN2CCN(c3ccccc3)CC2)cc1. The number of rotatable bonds is 7. The van der Waals surface area contributed by atoms with Gasteiger partial charge in [0.1, 0.15) is 5.82 Å². The lowest BCUT2D eigenvalue weighted by Gasteiger charge is -2.36. The minimum absolute atomic E-state index is 1.01. The van der Waals surface area contributed by atoms with Crippen LogP contribution in [0.1, 0.15) is 12.8 Å². The lowest BCUT2D eigenvalue weighted by Crippen LogP contribution is -2.46. The zero-order valence-electron chi connectivity index (χ0n) is 18.0. The van der Waals surface area contributed by atoms with Crippen LogP contribution in [0.25, 0.3) is 22.4 Å². The van der Waals surface area contributed by atoms with Crippen LogP contribution in [0.15, 0.2) is 84.9 Å². The first kappa shape index (κ1) is 19.8. The van der Waals surface area contributed by atoms with Crippen LogP contribution < -0.4 is 4.90 Å². The Morgan fingerprint density at radius 1 is 0.645 bits per heavy atom. The molecule has 3 aromatic carbocycles. The van der Waals surface area contributed by atoms with Crippen molar-refractivity contribution in [3.8, 4) is 11.4 Å². The van der Waals surface area contributed by atoms with Gasteiger partial charge in [-0.15, -0.1) is 0 Å². The minimum atomic E-state index is 1.01. The number of unbranched alkanes of at least 4 members (excludes halogenated alkanes) is 1. The molecule has 4 aromatic rings. The Balaban J connectivity index is 1.18. The first-order chi connectivity index (χ1) is 15.4. The molecule has 0 radical (unpaired) electrons. The summed E-state index contributed by atoms with van der Waals surface area (Å²) in [7, 11) is 0. The molecule has 0 saturated carbocycles. The molecule has 0 atom stereocenters. The number of fused-ring (bicyclic) bond motifs is 1. The van der Waals surface area contributed by atoms with Gasteiger partial charge < -0.3 is 9.47 Å². The Kier molecular flexibility index (Phi) is 5.99. The van der Waals surface area contributed by atoms with Crippen molar-refractivity contribution in [3.05, 3.63) is 84.9 Å². The second kappa shape index (κ2) is 9.36. The van der Waals surface area contributed by atoms with Crippen LogP contribution in [0.2, 0.25) is 0 Å². The smallest absolute Gasteiger partial charge is 0.141 e. The Bertz CT molecular complexity index is 1100. The summed E-state index contributed by atoms with van der Waals surface area (Å²) in [6.45, 7) is 6.73. The summed E-state index contributed by atoms with van der Waals surface area (Å²) < 4.78 is 2.40. The van der Waals surface area contributed by atoms with E-state index in [2.05, 4.69) is 99.3 Å². The number of piperazine rings is 1. The molecule has 31 heavy (non-hydrogen) atoms. The van der Waals surface area contributed by atoms with E-state index in [9.17, 15) is 0 Å². The van der Waals surface area contributed by atoms with Gasteiger partial charge in [-0.25, -0.2) is 4.98 Å². The van der Waals surface area contributed by atoms with Crippen molar-refractivity contribution >= 4 is 16.7 Å². The topological polar surface area (TPSA) is 24.3 Å². The van der Waals surface area contributed by atoms with Crippen molar-refractivity contribution in [3.63, 3.8) is 0 Å². The number of hydrogen-bond donors (Lipinski definition) is 0. The van der Waals surface area contributed by atoms with Gasteiger partial charge in [0.05, 0.1) is 11.0 Å². The maximum absolute atomic E-state index is 4.94. The van der Waals surface area contributed by atoms with Crippen LogP contribution in [-0.4, -0.2) is 47.2 Å². The fourth-order valence-electron chi connectivity index (χ4n) is 4.58. The largest absolute Gasteiger partial charge is 0.369 e. The molecule has 1 aliphatic rings. The van der Waals surface area contributed by atoms with E-state index in [0.717, 1.165) is 44.1 Å². The van der Waals surface area contributed by atoms with Crippen LogP contribution in [0.4, 0.5) is 5.69 Å². The highest BCUT2D eigenvalue weighted by molar-refractivity contribution is 5.80. The summed E-state index contributed by atoms with van der Waals surface area (Å²) >= 11 is 0. The van der Waals surface area contributed by atoms with E-state index in [4.69, 9.17) is 4.98 Å². The van der Waals surface area contributed by atoms with Crippen molar-refractivity contribution in [1.82, 2.24) is 14.5 Å². The molecule has 1 aliphatic heterocycles. The molecule has 4 heteroatoms. The first-order valence-electron chi connectivity index (χ1n) is 11.4. The summed E-state index contributed by atoms with van der Waals surface area (Å²) in [6.07, 6.45) is 2.38. The molecule has 2 heterocycles. The Labute approximate surface area is 184 Å². The number of anilines is 1. The fraction of sp³-hybridized carbons (Fsp3) is 0.296. The normalized spacial score (nSPS) is 14.9. The molecule has 0 N–H and O–H groups in total. The predicted octanol–water partition coefficient (Wildman–Crippen LogP) is 5.31. The van der Waals surface area contributed by atoms with E-state index < -0.39 is 0 Å². The number of imidazole rings is 1. The lowest BCUT2D eigenvalue weighted by molar-refractivity contribution is 0.251. The summed E-state index contributed by atoms with van der Waals surface area (Å²) in [5.74, 6) is 1.08. The van der Waals surface area contributed by atoms with Crippen LogP contribution >= 0.6 is 0 Å². The van der Waals surface area contributed by atoms with Gasteiger partial charge >= 0.3 is 0 Å². The highest BCUT2D eigenvalue weighted by Crippen LogP contribution is 2.25. The maximum atomic E-state index is 4.94. The van der Waals surface area contributed by atoms with Crippen molar-refractivity contribution in [2.24, 2.45) is 0 Å². The summed E-state index contributed by atoms with van der Waals surface area (Å²) in [6, 6.07) is 29.8. The van der Waals surface area contributed by atoms with Crippen LogP contribution in [0.5, 0.6) is 0 Å². The first-order valence-corrected chi connectivity index (χ1v) is 11.4. The quantitative estimate of drug-likeness (QED) is 0.386. The monoisotopic (exact) mass is 410 g/mol. The summed E-state index contributed by atoms with van der Waals surface area (Å²) in [4.78, 5) is 10.1. The molecular formula is C27H30N4. The number of aromatic nitrogens is 2. The molecular weight excluding hydrogens is 380 g/mol. The van der Waals surface area contributed by atoms with E-state index in [0.29, 0.717) is 0 Å². The molecule has 0 aliphatic carbocycles. The van der Waals surface area contributed by atoms with E-state index in [1.165, 1.54) is 36.2 Å². The molecule has 5 rings (SSSR count). The number of benzene rings is 3. The molecule has 0 amide bonds. The Morgan fingerprint density at radius 3 is 2.06 bits per heavy atom. The third-order valence-corrected chi connectivity index (χ3v) is 6.29. The third kappa shape index (κ3) is 4.49. The van der Waals surface area contributed by atoms with Crippen molar-refractivity contribution < 1.29 is 0 Å². The average Bonchev–Trinajstić information content (AvgIpc) is 3.22. The van der Waals surface area contributed by atoms with E-state index >= 15 is 0 Å².